The number of benzene rings is 2. The summed E-state index contributed by atoms with van der Waals surface area (Å²) < 4.78 is 14.4. The molecule has 0 spiro atoms. The third-order valence-electron chi connectivity index (χ3n) is 3.22. The zero-order chi connectivity index (χ0) is 16.1. The van der Waals surface area contributed by atoms with Crippen LogP contribution in [0.3, 0.4) is 0 Å². The monoisotopic (exact) mass is 364 g/mol. The Bertz CT molecular complexity index is 673. The van der Waals surface area contributed by atoms with Crippen molar-refractivity contribution in [2.75, 3.05) is 14.1 Å². The van der Waals surface area contributed by atoms with Crippen molar-refractivity contribution in [1.29, 1.82) is 0 Å². The molecule has 1 N–H and O–H groups in total. The van der Waals surface area contributed by atoms with Crippen molar-refractivity contribution in [3.05, 3.63) is 69.4 Å². The second-order valence-corrected chi connectivity index (χ2v) is 6.23. The Morgan fingerprint density at radius 2 is 1.86 bits per heavy atom. The molecule has 2 aromatic rings. The van der Waals surface area contributed by atoms with Gasteiger partial charge in [-0.2, -0.15) is 0 Å². The molecule has 116 valence electrons. The van der Waals surface area contributed by atoms with Crippen LogP contribution in [0.25, 0.3) is 0 Å². The van der Waals surface area contributed by atoms with Crippen LogP contribution in [0.4, 0.5) is 4.39 Å². The second-order valence-electron chi connectivity index (χ2n) is 5.31. The first-order chi connectivity index (χ1) is 10.5. The zero-order valence-corrected chi connectivity index (χ0v) is 14.2. The molecule has 2 rings (SSSR count). The van der Waals surface area contributed by atoms with E-state index in [0.717, 1.165) is 17.7 Å². The van der Waals surface area contributed by atoms with Crippen molar-refractivity contribution >= 4 is 21.8 Å². The first-order valence-corrected chi connectivity index (χ1v) is 7.71. The molecule has 0 unspecified atom stereocenters. The second kappa shape index (κ2) is 7.51. The molecule has 5 heteroatoms. The lowest BCUT2D eigenvalue weighted by molar-refractivity contribution is 0.0946. The van der Waals surface area contributed by atoms with E-state index in [2.05, 4.69) is 26.1 Å². The fraction of sp³-hybridized carbons (Fsp3) is 0.235. The highest BCUT2D eigenvalue weighted by Crippen LogP contribution is 2.16. The summed E-state index contributed by atoms with van der Waals surface area (Å²) in [6.45, 7) is 1.16. The molecule has 0 aliphatic heterocycles. The van der Waals surface area contributed by atoms with Gasteiger partial charge < -0.3 is 10.2 Å². The molecular formula is C17H18BrFN2O. The highest BCUT2D eigenvalue weighted by atomic mass is 79.9. The van der Waals surface area contributed by atoms with E-state index in [0.29, 0.717) is 11.0 Å². The minimum Gasteiger partial charge on any atom is -0.348 e. The maximum Gasteiger partial charge on any atom is 0.254 e. The standard InChI is InChI=1S/C17H18BrFN2O/c1-21(2)11-13-6-4-3-5-12(13)10-20-17(22)15-8-7-14(18)9-16(15)19/h3-9H,10-11H2,1-2H3,(H,20,22). The summed E-state index contributed by atoms with van der Waals surface area (Å²) >= 11 is 3.18. The van der Waals surface area contributed by atoms with Gasteiger partial charge in [0.15, 0.2) is 0 Å². The third kappa shape index (κ3) is 4.39. The number of hydrogen-bond donors (Lipinski definition) is 1. The summed E-state index contributed by atoms with van der Waals surface area (Å²) in [5, 5.41) is 2.78. The van der Waals surface area contributed by atoms with Crippen molar-refractivity contribution in [2.45, 2.75) is 13.1 Å². The highest BCUT2D eigenvalue weighted by molar-refractivity contribution is 9.10. The van der Waals surface area contributed by atoms with E-state index >= 15 is 0 Å². The topological polar surface area (TPSA) is 32.3 Å². The van der Waals surface area contributed by atoms with Gasteiger partial charge in [0.05, 0.1) is 5.56 Å². The Hall–Kier alpha value is -1.72. The van der Waals surface area contributed by atoms with Gasteiger partial charge in [-0.1, -0.05) is 40.2 Å². The molecule has 0 atom stereocenters. The molecule has 22 heavy (non-hydrogen) atoms. The number of rotatable bonds is 5. The van der Waals surface area contributed by atoms with Crippen LogP contribution in [0.15, 0.2) is 46.9 Å². The number of carbonyl (C=O) groups excluding carboxylic acids is 1. The fourth-order valence-corrected chi connectivity index (χ4v) is 2.50. The van der Waals surface area contributed by atoms with Crippen molar-refractivity contribution in [2.24, 2.45) is 0 Å². The minimum atomic E-state index is -0.534. The van der Waals surface area contributed by atoms with Crippen LogP contribution < -0.4 is 5.32 Å². The molecular weight excluding hydrogens is 347 g/mol. The smallest absolute Gasteiger partial charge is 0.254 e. The Balaban J connectivity index is 2.08. The van der Waals surface area contributed by atoms with Crippen LogP contribution in [-0.4, -0.2) is 24.9 Å². The number of carbonyl (C=O) groups is 1. The van der Waals surface area contributed by atoms with Crippen molar-refractivity contribution in [3.63, 3.8) is 0 Å². The summed E-state index contributed by atoms with van der Waals surface area (Å²) in [4.78, 5) is 14.2. The van der Waals surface area contributed by atoms with Gasteiger partial charge in [-0.3, -0.25) is 4.79 Å². The van der Waals surface area contributed by atoms with Crippen molar-refractivity contribution < 1.29 is 9.18 Å². The molecule has 0 aromatic heterocycles. The summed E-state index contributed by atoms with van der Waals surface area (Å²) in [6, 6.07) is 12.3. The Labute approximate surface area is 138 Å². The summed E-state index contributed by atoms with van der Waals surface area (Å²) in [7, 11) is 3.99. The summed E-state index contributed by atoms with van der Waals surface area (Å²) in [5.41, 5.74) is 2.22. The van der Waals surface area contributed by atoms with E-state index in [1.807, 2.05) is 38.4 Å². The van der Waals surface area contributed by atoms with Crippen LogP contribution in [-0.2, 0) is 13.1 Å². The van der Waals surface area contributed by atoms with Crippen LogP contribution in [0.1, 0.15) is 21.5 Å². The molecule has 0 aliphatic carbocycles. The van der Waals surface area contributed by atoms with Gasteiger partial charge in [0.1, 0.15) is 5.82 Å². The molecule has 3 nitrogen and oxygen atoms in total. The molecule has 0 aliphatic rings. The normalized spacial score (nSPS) is 10.8. The Kier molecular flexibility index (Phi) is 5.69. The number of halogens is 2. The average molecular weight is 365 g/mol. The van der Waals surface area contributed by atoms with Crippen molar-refractivity contribution in [1.82, 2.24) is 10.2 Å². The number of nitrogens with zero attached hydrogens (tertiary/aromatic N) is 1. The molecule has 0 fully saturated rings. The van der Waals surface area contributed by atoms with Crippen LogP contribution in [0.5, 0.6) is 0 Å². The summed E-state index contributed by atoms with van der Waals surface area (Å²) in [5.74, 6) is -0.946. The van der Waals surface area contributed by atoms with Crippen LogP contribution >= 0.6 is 15.9 Å². The Morgan fingerprint density at radius 1 is 1.18 bits per heavy atom. The van der Waals surface area contributed by atoms with E-state index in [4.69, 9.17) is 0 Å². The van der Waals surface area contributed by atoms with Gasteiger partial charge in [-0.25, -0.2) is 4.39 Å². The minimum absolute atomic E-state index is 0.0493. The lowest BCUT2D eigenvalue weighted by atomic mass is 10.1. The average Bonchev–Trinajstić information content (AvgIpc) is 2.45. The molecule has 0 radical (unpaired) electrons. The van der Waals surface area contributed by atoms with E-state index < -0.39 is 11.7 Å². The largest absolute Gasteiger partial charge is 0.348 e. The quantitative estimate of drug-likeness (QED) is 0.879. The van der Waals surface area contributed by atoms with E-state index in [1.54, 1.807) is 6.07 Å². The van der Waals surface area contributed by atoms with Gasteiger partial charge in [0, 0.05) is 17.6 Å². The number of hydrogen-bond acceptors (Lipinski definition) is 2. The zero-order valence-electron chi connectivity index (χ0n) is 12.6. The Morgan fingerprint density at radius 3 is 2.50 bits per heavy atom. The van der Waals surface area contributed by atoms with E-state index in [9.17, 15) is 9.18 Å². The predicted octanol–water partition coefficient (Wildman–Crippen LogP) is 3.58. The molecule has 0 saturated carbocycles. The van der Waals surface area contributed by atoms with Crippen LogP contribution in [0.2, 0.25) is 0 Å². The van der Waals surface area contributed by atoms with Gasteiger partial charge >= 0.3 is 0 Å². The maximum atomic E-state index is 13.8. The molecule has 0 saturated heterocycles. The molecule has 0 heterocycles. The van der Waals surface area contributed by atoms with Gasteiger partial charge in [0.25, 0.3) is 5.91 Å². The predicted molar refractivity (Wildman–Crippen MR) is 89.1 cm³/mol. The van der Waals surface area contributed by atoms with Gasteiger partial charge in [0.2, 0.25) is 0 Å². The molecule has 0 bridgehead atoms. The van der Waals surface area contributed by atoms with Crippen LogP contribution in [0, 0.1) is 5.82 Å². The highest BCUT2D eigenvalue weighted by Gasteiger charge is 2.12. The van der Waals surface area contributed by atoms with E-state index in [-0.39, 0.29) is 5.56 Å². The third-order valence-corrected chi connectivity index (χ3v) is 3.71. The molecule has 2 aromatic carbocycles. The molecule has 1 amide bonds. The lowest BCUT2D eigenvalue weighted by Gasteiger charge is -2.14. The maximum absolute atomic E-state index is 13.8. The SMILES string of the molecule is CN(C)Cc1ccccc1CNC(=O)c1ccc(Br)cc1F. The fourth-order valence-electron chi connectivity index (χ4n) is 2.17. The first kappa shape index (κ1) is 16.6. The number of nitrogens with one attached hydrogen (secondary N) is 1. The van der Waals surface area contributed by atoms with Gasteiger partial charge in [-0.15, -0.1) is 0 Å². The van der Waals surface area contributed by atoms with Crippen molar-refractivity contribution in [3.8, 4) is 0 Å². The summed E-state index contributed by atoms with van der Waals surface area (Å²) in [6.07, 6.45) is 0. The van der Waals surface area contributed by atoms with E-state index in [1.165, 1.54) is 12.1 Å². The number of amides is 1. The first-order valence-electron chi connectivity index (χ1n) is 6.92. The lowest BCUT2D eigenvalue weighted by Crippen LogP contribution is -2.25. The van der Waals surface area contributed by atoms with Gasteiger partial charge in [-0.05, 0) is 43.4 Å².